The molecule has 0 spiro atoms. The molecular formula is C46H31N3. The van der Waals surface area contributed by atoms with Gasteiger partial charge < -0.3 is 4.57 Å². The van der Waals surface area contributed by atoms with Crippen LogP contribution < -0.4 is 0 Å². The van der Waals surface area contributed by atoms with E-state index in [0.717, 1.165) is 39.3 Å². The Hall–Kier alpha value is -6.58. The van der Waals surface area contributed by atoms with Crippen molar-refractivity contribution in [3.8, 4) is 61.8 Å². The van der Waals surface area contributed by atoms with Gasteiger partial charge in [-0.1, -0.05) is 158 Å². The first-order valence-corrected chi connectivity index (χ1v) is 16.6. The third kappa shape index (κ3) is 5.38. The molecule has 9 rings (SSSR count). The summed E-state index contributed by atoms with van der Waals surface area (Å²) >= 11 is 0. The van der Waals surface area contributed by atoms with Crippen molar-refractivity contribution in [2.24, 2.45) is 0 Å². The quantitative estimate of drug-likeness (QED) is 0.184. The highest BCUT2D eigenvalue weighted by molar-refractivity contribution is 6.10. The van der Waals surface area contributed by atoms with E-state index in [1.165, 1.54) is 38.5 Å². The van der Waals surface area contributed by atoms with Crippen LogP contribution in [0.4, 0.5) is 0 Å². The minimum absolute atomic E-state index is 0.712. The second kappa shape index (κ2) is 12.2. The van der Waals surface area contributed by atoms with E-state index < -0.39 is 0 Å². The van der Waals surface area contributed by atoms with Crippen molar-refractivity contribution in [2.75, 3.05) is 0 Å². The summed E-state index contributed by atoms with van der Waals surface area (Å²) in [6, 6.07) is 66.2. The fraction of sp³-hybridized carbons (Fsp3) is 0. The molecule has 0 saturated carbocycles. The van der Waals surface area contributed by atoms with Crippen molar-refractivity contribution >= 4 is 21.8 Å². The van der Waals surface area contributed by atoms with E-state index in [-0.39, 0.29) is 0 Å². The zero-order valence-electron chi connectivity index (χ0n) is 26.7. The van der Waals surface area contributed by atoms with Crippen molar-refractivity contribution in [3.63, 3.8) is 0 Å². The molecule has 0 radical (unpaired) electrons. The smallest absolute Gasteiger partial charge is 0.160 e. The van der Waals surface area contributed by atoms with Gasteiger partial charge in [-0.3, -0.25) is 0 Å². The van der Waals surface area contributed by atoms with Crippen LogP contribution in [0.5, 0.6) is 0 Å². The van der Waals surface area contributed by atoms with Gasteiger partial charge in [-0.05, 0) is 52.6 Å². The maximum Gasteiger partial charge on any atom is 0.160 e. The van der Waals surface area contributed by atoms with E-state index in [0.29, 0.717) is 5.82 Å². The van der Waals surface area contributed by atoms with Crippen LogP contribution in [0.1, 0.15) is 0 Å². The molecule has 49 heavy (non-hydrogen) atoms. The molecule has 3 heteroatoms. The van der Waals surface area contributed by atoms with Gasteiger partial charge in [-0.2, -0.15) is 0 Å². The van der Waals surface area contributed by atoms with Gasteiger partial charge in [-0.15, -0.1) is 0 Å². The maximum absolute atomic E-state index is 5.06. The Morgan fingerprint density at radius 3 is 1.39 bits per heavy atom. The molecule has 0 N–H and O–H groups in total. The lowest BCUT2D eigenvalue weighted by molar-refractivity contribution is 1.18. The SMILES string of the molecule is c1ccc(-c2ccc(-c3cc(-c4ccc(-c5ccc6c7ccccc7n(-c7ccccc7)c6c5)cc4)nc(-c4ccccc4)n3)cc2)cc1. The first-order valence-electron chi connectivity index (χ1n) is 16.6. The average molecular weight is 626 g/mol. The third-order valence-corrected chi connectivity index (χ3v) is 9.25. The average Bonchev–Trinajstić information content (AvgIpc) is 3.52. The first kappa shape index (κ1) is 28.6. The summed E-state index contributed by atoms with van der Waals surface area (Å²) < 4.78 is 2.36. The summed E-state index contributed by atoms with van der Waals surface area (Å²) in [5, 5.41) is 2.50. The van der Waals surface area contributed by atoms with Gasteiger partial charge in [0.25, 0.3) is 0 Å². The second-order valence-electron chi connectivity index (χ2n) is 12.3. The lowest BCUT2D eigenvalue weighted by atomic mass is 9.99. The van der Waals surface area contributed by atoms with Crippen LogP contribution in [0.3, 0.4) is 0 Å². The number of nitrogens with zero attached hydrogens (tertiary/aromatic N) is 3. The minimum atomic E-state index is 0.712. The molecule has 0 fully saturated rings. The van der Waals surface area contributed by atoms with Crippen LogP contribution >= 0.6 is 0 Å². The van der Waals surface area contributed by atoms with Crippen LogP contribution in [0.2, 0.25) is 0 Å². The standard InChI is InChI=1S/C46H31N3/c1-4-12-32(13-5-1)33-20-24-35(25-21-33)42-31-43(48-46(47-42)37-14-6-2-7-15-37)36-26-22-34(23-27-36)38-28-29-41-40-18-10-11-19-44(40)49(45(41)30-38)39-16-8-3-9-17-39/h1-31H. The van der Waals surface area contributed by atoms with Gasteiger partial charge in [0.1, 0.15) is 0 Å². The molecule has 7 aromatic carbocycles. The Morgan fingerprint density at radius 1 is 0.306 bits per heavy atom. The van der Waals surface area contributed by atoms with E-state index in [9.17, 15) is 0 Å². The Kier molecular flexibility index (Phi) is 7.14. The number of aromatic nitrogens is 3. The van der Waals surface area contributed by atoms with E-state index in [4.69, 9.17) is 9.97 Å². The van der Waals surface area contributed by atoms with Crippen LogP contribution in [0.25, 0.3) is 83.6 Å². The largest absolute Gasteiger partial charge is 0.309 e. The second-order valence-corrected chi connectivity index (χ2v) is 12.3. The molecule has 2 heterocycles. The molecule has 0 amide bonds. The number of fused-ring (bicyclic) bond motifs is 3. The van der Waals surface area contributed by atoms with E-state index in [1.807, 2.05) is 24.3 Å². The van der Waals surface area contributed by atoms with Crippen LogP contribution in [-0.2, 0) is 0 Å². The van der Waals surface area contributed by atoms with Gasteiger partial charge in [0.2, 0.25) is 0 Å². The number of benzene rings is 7. The van der Waals surface area contributed by atoms with Crippen molar-refractivity contribution < 1.29 is 0 Å². The van der Waals surface area contributed by atoms with E-state index in [2.05, 4.69) is 168 Å². The number of hydrogen-bond donors (Lipinski definition) is 0. The summed E-state index contributed by atoms with van der Waals surface area (Å²) in [4.78, 5) is 10.1. The highest BCUT2D eigenvalue weighted by atomic mass is 15.0. The van der Waals surface area contributed by atoms with E-state index >= 15 is 0 Å². The van der Waals surface area contributed by atoms with Gasteiger partial charge in [0.15, 0.2) is 5.82 Å². The number of para-hydroxylation sites is 2. The molecule has 2 aromatic heterocycles. The highest BCUT2D eigenvalue weighted by Gasteiger charge is 2.14. The molecule has 9 aromatic rings. The molecule has 0 aliphatic heterocycles. The highest BCUT2D eigenvalue weighted by Crippen LogP contribution is 2.36. The molecule has 3 nitrogen and oxygen atoms in total. The van der Waals surface area contributed by atoms with Crippen LogP contribution in [-0.4, -0.2) is 14.5 Å². The van der Waals surface area contributed by atoms with Gasteiger partial charge in [-0.25, -0.2) is 9.97 Å². The molecular weight excluding hydrogens is 595 g/mol. The molecule has 0 saturated heterocycles. The fourth-order valence-electron chi connectivity index (χ4n) is 6.76. The Labute approximate surface area is 285 Å². The van der Waals surface area contributed by atoms with Crippen LogP contribution in [0, 0.1) is 0 Å². The topological polar surface area (TPSA) is 30.7 Å². The Morgan fingerprint density at radius 2 is 0.755 bits per heavy atom. The van der Waals surface area contributed by atoms with Gasteiger partial charge >= 0.3 is 0 Å². The van der Waals surface area contributed by atoms with Crippen molar-refractivity contribution in [1.82, 2.24) is 14.5 Å². The molecule has 0 unspecified atom stereocenters. The molecule has 0 aliphatic carbocycles. The lowest BCUT2D eigenvalue weighted by Gasteiger charge is -2.11. The molecule has 0 aliphatic rings. The Bertz CT molecular complexity index is 2550. The molecule has 0 atom stereocenters. The first-order chi connectivity index (χ1) is 24.3. The maximum atomic E-state index is 5.06. The predicted molar refractivity (Wildman–Crippen MR) is 204 cm³/mol. The van der Waals surface area contributed by atoms with E-state index in [1.54, 1.807) is 0 Å². The lowest BCUT2D eigenvalue weighted by Crippen LogP contribution is -1.96. The molecule has 230 valence electrons. The van der Waals surface area contributed by atoms with Crippen molar-refractivity contribution in [3.05, 3.63) is 188 Å². The zero-order chi connectivity index (χ0) is 32.6. The fourth-order valence-corrected chi connectivity index (χ4v) is 6.76. The van der Waals surface area contributed by atoms with Crippen molar-refractivity contribution in [2.45, 2.75) is 0 Å². The normalized spacial score (nSPS) is 11.3. The van der Waals surface area contributed by atoms with Gasteiger partial charge in [0, 0.05) is 33.2 Å². The third-order valence-electron chi connectivity index (χ3n) is 9.25. The van der Waals surface area contributed by atoms with Gasteiger partial charge in [0.05, 0.1) is 22.4 Å². The monoisotopic (exact) mass is 625 g/mol. The summed E-state index contributed by atoms with van der Waals surface area (Å²) in [7, 11) is 0. The van der Waals surface area contributed by atoms with Crippen molar-refractivity contribution in [1.29, 1.82) is 0 Å². The molecule has 0 bridgehead atoms. The van der Waals surface area contributed by atoms with Crippen LogP contribution in [0.15, 0.2) is 188 Å². The number of hydrogen-bond acceptors (Lipinski definition) is 2. The number of rotatable bonds is 6. The summed E-state index contributed by atoms with van der Waals surface area (Å²) in [6.07, 6.45) is 0. The minimum Gasteiger partial charge on any atom is -0.309 e. The Balaban J connectivity index is 1.11. The predicted octanol–water partition coefficient (Wildman–Crippen LogP) is 11.9. The summed E-state index contributed by atoms with van der Waals surface area (Å²) in [5.41, 5.74) is 13.1. The zero-order valence-corrected chi connectivity index (χ0v) is 26.7. The summed E-state index contributed by atoms with van der Waals surface area (Å²) in [5.74, 6) is 0.712. The summed E-state index contributed by atoms with van der Waals surface area (Å²) in [6.45, 7) is 0.